The molecule has 1 aliphatic heterocycles. The van der Waals surface area contributed by atoms with E-state index in [1.54, 1.807) is 19.3 Å². The number of hydrogen-bond acceptors (Lipinski definition) is 6. The number of amides is 1. The second kappa shape index (κ2) is 15.0. The summed E-state index contributed by atoms with van der Waals surface area (Å²) < 4.78 is 28.7. The lowest BCUT2D eigenvalue weighted by atomic mass is 9.70. The van der Waals surface area contributed by atoms with Crippen LogP contribution in [0.3, 0.4) is 0 Å². The van der Waals surface area contributed by atoms with Gasteiger partial charge in [-0.2, -0.15) is 10.6 Å². The Kier molecular flexibility index (Phi) is 11.5. The summed E-state index contributed by atoms with van der Waals surface area (Å²) in [7, 11) is 0.133. The van der Waals surface area contributed by atoms with E-state index >= 15 is 0 Å². The van der Waals surface area contributed by atoms with Crippen LogP contribution in [0.15, 0.2) is 66.1 Å². The fourth-order valence-electron chi connectivity index (χ4n) is 5.82. The van der Waals surface area contributed by atoms with Gasteiger partial charge in [-0.15, -0.1) is 13.2 Å². The van der Waals surface area contributed by atoms with E-state index in [1.807, 2.05) is 31.2 Å². The van der Waals surface area contributed by atoms with Crippen LogP contribution < -0.4 is 9.64 Å². The van der Waals surface area contributed by atoms with E-state index in [0.29, 0.717) is 36.3 Å². The highest BCUT2D eigenvalue weighted by molar-refractivity contribution is 7.75. The van der Waals surface area contributed by atoms with Gasteiger partial charge in [-0.1, -0.05) is 48.4 Å². The number of carbonyl (C=O) groups excluding carboxylic acids is 1. The third-order valence-corrected chi connectivity index (χ3v) is 9.67. The molecule has 41 heavy (non-hydrogen) atoms. The molecule has 0 N–H and O–H groups in total. The van der Waals surface area contributed by atoms with Gasteiger partial charge < -0.3 is 22.9 Å². The molecule has 4 rings (SSSR count). The number of fused-ring (bicyclic) bond motifs is 2. The van der Waals surface area contributed by atoms with Gasteiger partial charge in [0, 0.05) is 30.8 Å². The van der Waals surface area contributed by atoms with E-state index in [0.717, 1.165) is 61.5 Å². The first-order valence-corrected chi connectivity index (χ1v) is 16.2. The Bertz CT molecular complexity index is 1320. The molecule has 0 radical (unpaired) electrons. The number of allylic oxidation sites excluding steroid dienone is 1. The Hall–Kier alpha value is -2.61. The first kappa shape index (κ1) is 31.3. The first-order valence-electron chi connectivity index (χ1n) is 14.5. The lowest BCUT2D eigenvalue weighted by molar-refractivity contribution is 0.0137. The maximum Gasteiger partial charge on any atom is 0.254 e. The molecule has 2 aromatic carbocycles. The monoisotopic (exact) mass is 597 g/mol. The summed E-state index contributed by atoms with van der Waals surface area (Å²) in [6, 6.07) is 11.6. The van der Waals surface area contributed by atoms with Crippen LogP contribution in [0.25, 0.3) is 0 Å². The number of benzene rings is 2. The van der Waals surface area contributed by atoms with Crippen molar-refractivity contribution in [1.82, 2.24) is 0 Å². The van der Waals surface area contributed by atoms with Crippen molar-refractivity contribution >= 4 is 33.8 Å². The third-order valence-electron chi connectivity index (χ3n) is 8.21. The molecule has 0 aromatic heterocycles. The van der Waals surface area contributed by atoms with Gasteiger partial charge in [-0.05, 0) is 91.8 Å². The highest BCUT2D eigenvalue weighted by Crippen LogP contribution is 2.41. The number of carbonyl (C=O) groups is 1. The lowest BCUT2D eigenvalue weighted by Crippen LogP contribution is -2.43. The fourth-order valence-corrected chi connectivity index (χ4v) is 7.00. The molecule has 2 aliphatic rings. The highest BCUT2D eigenvalue weighted by atomic mass is 35.5. The first-order chi connectivity index (χ1) is 19.8. The zero-order valence-corrected chi connectivity index (χ0v) is 25.8. The van der Waals surface area contributed by atoms with Crippen LogP contribution in [-0.2, 0) is 32.5 Å². The SMILES string of the molecule is C=CCC(C)C[S-](=O)=NC(=O)c1ccc2c(c1)N(CC1CCC1C(C=C)OC)Cc1ccc(Cl)cc1CCCCO2. The van der Waals surface area contributed by atoms with Gasteiger partial charge in [0.1, 0.15) is 5.75 Å². The zero-order valence-electron chi connectivity index (χ0n) is 24.2. The summed E-state index contributed by atoms with van der Waals surface area (Å²) >= 11 is 6.40. The Morgan fingerprint density at radius 2 is 2.05 bits per heavy atom. The van der Waals surface area contributed by atoms with Gasteiger partial charge in [0.2, 0.25) is 0 Å². The minimum absolute atomic E-state index is 0.00432. The number of ether oxygens (including phenoxy) is 2. The van der Waals surface area contributed by atoms with Crippen LogP contribution in [0, 0.1) is 17.8 Å². The number of aryl methyl sites for hydroxylation is 1. The largest absolute Gasteiger partial charge is 0.491 e. The molecule has 8 heteroatoms. The molecule has 0 saturated heterocycles. The minimum atomic E-state index is -1.60. The van der Waals surface area contributed by atoms with E-state index < -0.39 is 16.5 Å². The smallest absolute Gasteiger partial charge is 0.254 e. The number of rotatable bonds is 10. The van der Waals surface area contributed by atoms with E-state index in [2.05, 4.69) is 34.6 Å². The van der Waals surface area contributed by atoms with Crippen LogP contribution in [0.1, 0.15) is 60.5 Å². The molecule has 4 unspecified atom stereocenters. The molecule has 1 fully saturated rings. The van der Waals surface area contributed by atoms with Crippen LogP contribution in [-0.4, -0.2) is 38.0 Å². The number of halogens is 1. The Balaban J connectivity index is 1.71. The predicted molar refractivity (Wildman–Crippen MR) is 168 cm³/mol. The normalized spacial score (nSPS) is 21.2. The van der Waals surface area contributed by atoms with Crippen LogP contribution >= 0.6 is 11.6 Å². The second-order valence-electron chi connectivity index (χ2n) is 11.2. The molecule has 1 aliphatic carbocycles. The summed E-state index contributed by atoms with van der Waals surface area (Å²) in [4.78, 5) is 15.5. The fraction of sp³-hybridized carbons (Fsp3) is 0.485. The van der Waals surface area contributed by atoms with Gasteiger partial charge in [-0.25, -0.2) is 0 Å². The van der Waals surface area contributed by atoms with Gasteiger partial charge in [0.15, 0.2) is 0 Å². The maximum atomic E-state index is 13.2. The summed E-state index contributed by atoms with van der Waals surface area (Å²) in [5.41, 5.74) is 3.70. The summed E-state index contributed by atoms with van der Waals surface area (Å²) in [5.74, 6) is 1.49. The predicted octanol–water partition coefficient (Wildman–Crippen LogP) is 7.79. The van der Waals surface area contributed by atoms with E-state index in [-0.39, 0.29) is 12.0 Å². The lowest BCUT2D eigenvalue weighted by Gasteiger charge is -2.43. The van der Waals surface area contributed by atoms with Crippen LogP contribution in [0.5, 0.6) is 5.75 Å². The van der Waals surface area contributed by atoms with Crippen LogP contribution in [0.4, 0.5) is 5.69 Å². The van der Waals surface area contributed by atoms with Crippen molar-refractivity contribution in [3.05, 3.63) is 83.4 Å². The molecule has 2 aromatic rings. The number of nitrogens with zero attached hydrogens (tertiary/aromatic N) is 2. The topological polar surface area (TPSA) is 68.2 Å². The molecule has 4 atom stereocenters. The molecular weight excluding hydrogens is 556 g/mol. The van der Waals surface area contributed by atoms with Crippen molar-refractivity contribution in [2.45, 2.75) is 58.1 Å². The second-order valence-corrected chi connectivity index (χ2v) is 12.8. The van der Waals surface area contributed by atoms with E-state index in [1.165, 1.54) is 11.1 Å². The molecular formula is C33H42ClN2O4S-. The summed E-state index contributed by atoms with van der Waals surface area (Å²) in [6.07, 6.45) is 9.43. The van der Waals surface area contributed by atoms with Crippen molar-refractivity contribution < 1.29 is 18.5 Å². The number of anilines is 1. The average molecular weight is 598 g/mol. The van der Waals surface area contributed by atoms with Crippen molar-refractivity contribution in [1.29, 1.82) is 0 Å². The number of methoxy groups -OCH3 is 1. The summed E-state index contributed by atoms with van der Waals surface area (Å²) in [6.45, 7) is 11.7. The molecule has 1 saturated carbocycles. The molecule has 0 bridgehead atoms. The third kappa shape index (κ3) is 8.24. The zero-order chi connectivity index (χ0) is 29.4. The van der Waals surface area contributed by atoms with Crippen molar-refractivity contribution in [2.24, 2.45) is 22.1 Å². The van der Waals surface area contributed by atoms with Crippen molar-refractivity contribution in [3.63, 3.8) is 0 Å². The molecule has 6 nitrogen and oxygen atoms in total. The number of hydrogen-bond donors (Lipinski definition) is 0. The summed E-state index contributed by atoms with van der Waals surface area (Å²) in [5, 5.41) is 0.736. The van der Waals surface area contributed by atoms with E-state index in [9.17, 15) is 9.00 Å². The highest BCUT2D eigenvalue weighted by Gasteiger charge is 2.37. The molecule has 222 valence electrons. The quantitative estimate of drug-likeness (QED) is 0.206. The van der Waals surface area contributed by atoms with Gasteiger partial charge in [0.05, 0.1) is 18.4 Å². The molecule has 0 spiro atoms. The van der Waals surface area contributed by atoms with E-state index in [4.69, 9.17) is 21.1 Å². The Morgan fingerprint density at radius 1 is 1.22 bits per heavy atom. The standard InChI is InChI=1S/C33H42ClN2O4S/c1-5-9-23(3)22-41(38)35-33(37)25-13-16-32-30(19-25)36(21-27-12-15-29(27)31(6-2)39-4)20-26-11-14-28(34)18-24(26)10-7-8-17-40-32/h5-6,11,13-14,16,18-19,23,27,29,31H,1-2,7-10,12,15,17,20-22H2,3-4H3/q-1. The van der Waals surface area contributed by atoms with Crippen LogP contribution in [0.2, 0.25) is 5.02 Å². The average Bonchev–Trinajstić information content (AvgIpc) is 2.96. The van der Waals surface area contributed by atoms with Crippen molar-refractivity contribution in [3.8, 4) is 5.75 Å². The maximum absolute atomic E-state index is 13.2. The van der Waals surface area contributed by atoms with Gasteiger partial charge >= 0.3 is 0 Å². The molecule has 1 amide bonds. The van der Waals surface area contributed by atoms with Gasteiger partial charge in [0.25, 0.3) is 5.91 Å². The minimum Gasteiger partial charge on any atom is -0.491 e. The Labute approximate surface area is 252 Å². The molecule has 1 heterocycles. The Morgan fingerprint density at radius 3 is 2.76 bits per heavy atom. The van der Waals surface area contributed by atoms with Gasteiger partial charge in [-0.3, -0.25) is 4.79 Å². The van der Waals surface area contributed by atoms with Crippen molar-refractivity contribution in [2.75, 3.05) is 30.9 Å².